The first-order valence-electron chi connectivity index (χ1n) is 7.50. The van der Waals surface area contributed by atoms with E-state index in [2.05, 4.69) is 92.3 Å². The van der Waals surface area contributed by atoms with Gasteiger partial charge in [-0.15, -0.1) is 0 Å². The number of aromatic nitrogens is 1. The van der Waals surface area contributed by atoms with E-state index in [1.165, 1.54) is 21.9 Å². The molecule has 1 heterocycles. The van der Waals surface area contributed by atoms with Crippen molar-refractivity contribution >= 4 is 10.8 Å². The largest absolute Gasteiger partial charge is 1.00 e. The topological polar surface area (TPSA) is 3.88 Å². The second-order valence-electron chi connectivity index (χ2n) is 6.69. The molecule has 0 aliphatic heterocycles. The van der Waals surface area contributed by atoms with Crippen LogP contribution in [-0.2, 0) is 12.0 Å². The lowest BCUT2D eigenvalue weighted by atomic mass is 9.87. The molecule has 0 bridgehead atoms. The minimum atomic E-state index is 0. The van der Waals surface area contributed by atoms with Gasteiger partial charge in [0.05, 0.1) is 0 Å². The summed E-state index contributed by atoms with van der Waals surface area (Å²) in [5.74, 6) is 0. The highest BCUT2D eigenvalue weighted by Gasteiger charge is 2.13. The van der Waals surface area contributed by atoms with E-state index < -0.39 is 0 Å². The first kappa shape index (κ1) is 16.5. The van der Waals surface area contributed by atoms with Crippen LogP contribution in [0.15, 0.2) is 67.0 Å². The number of halogens is 1. The molecule has 0 aliphatic carbocycles. The Kier molecular flexibility index (Phi) is 4.87. The van der Waals surface area contributed by atoms with Crippen molar-refractivity contribution < 1.29 is 17.0 Å². The van der Waals surface area contributed by atoms with Crippen LogP contribution < -0.4 is 17.0 Å². The van der Waals surface area contributed by atoms with Crippen molar-refractivity contribution in [2.24, 2.45) is 0 Å². The molecular formula is C20H22ClN. The van der Waals surface area contributed by atoms with Crippen LogP contribution in [0.5, 0.6) is 0 Å². The highest BCUT2D eigenvalue weighted by molar-refractivity contribution is 5.80. The molecule has 1 aromatic heterocycles. The summed E-state index contributed by atoms with van der Waals surface area (Å²) in [7, 11) is 0. The van der Waals surface area contributed by atoms with E-state index in [-0.39, 0.29) is 17.8 Å². The van der Waals surface area contributed by atoms with Crippen LogP contribution >= 0.6 is 0 Å². The number of hydrogen-bond acceptors (Lipinski definition) is 0. The summed E-state index contributed by atoms with van der Waals surface area (Å²) in [5, 5.41) is 2.57. The van der Waals surface area contributed by atoms with Crippen LogP contribution in [0.2, 0.25) is 0 Å². The molecule has 0 saturated carbocycles. The molecule has 0 unspecified atom stereocenters. The average Bonchev–Trinajstić information content (AvgIpc) is 2.47. The fraction of sp³-hybridized carbons (Fsp3) is 0.250. The number of fused-ring (bicyclic) bond motifs is 1. The monoisotopic (exact) mass is 311 g/mol. The zero-order valence-corrected chi connectivity index (χ0v) is 14.1. The van der Waals surface area contributed by atoms with Gasteiger partial charge >= 0.3 is 0 Å². The minimum absolute atomic E-state index is 0. The highest BCUT2D eigenvalue weighted by Crippen LogP contribution is 2.22. The van der Waals surface area contributed by atoms with Gasteiger partial charge in [-0.2, -0.15) is 0 Å². The molecule has 114 valence electrons. The third-order valence-electron chi connectivity index (χ3n) is 3.93. The quantitative estimate of drug-likeness (QED) is 0.631. The van der Waals surface area contributed by atoms with E-state index in [1.807, 2.05) is 0 Å². The molecule has 0 aliphatic rings. The molecule has 0 spiro atoms. The van der Waals surface area contributed by atoms with Crippen molar-refractivity contribution in [2.75, 3.05) is 0 Å². The molecule has 0 amide bonds. The number of pyridine rings is 1. The van der Waals surface area contributed by atoms with Crippen molar-refractivity contribution in [2.45, 2.75) is 32.7 Å². The number of nitrogens with zero attached hydrogens (tertiary/aromatic N) is 1. The van der Waals surface area contributed by atoms with Crippen molar-refractivity contribution in [1.82, 2.24) is 0 Å². The number of rotatable bonds is 2. The Morgan fingerprint density at radius 2 is 1.45 bits per heavy atom. The molecule has 0 radical (unpaired) electrons. The molecule has 2 heteroatoms. The SMILES string of the molecule is CC(C)(C)c1ccc(C[n+]2ccc3ccccc3c2)cc1.[Cl-]. The highest BCUT2D eigenvalue weighted by atomic mass is 35.5. The Bertz CT molecular complexity index is 755. The summed E-state index contributed by atoms with van der Waals surface area (Å²) >= 11 is 0. The molecule has 1 nitrogen and oxygen atoms in total. The molecule has 0 atom stereocenters. The molecule has 3 aromatic rings. The van der Waals surface area contributed by atoms with Gasteiger partial charge < -0.3 is 12.4 Å². The van der Waals surface area contributed by atoms with Crippen LogP contribution in [-0.4, -0.2) is 0 Å². The third-order valence-corrected chi connectivity index (χ3v) is 3.93. The fourth-order valence-corrected chi connectivity index (χ4v) is 2.60. The lowest BCUT2D eigenvalue weighted by Gasteiger charge is -2.18. The van der Waals surface area contributed by atoms with Gasteiger partial charge in [-0.05, 0) is 22.4 Å². The van der Waals surface area contributed by atoms with Crippen LogP contribution in [0.3, 0.4) is 0 Å². The molecule has 22 heavy (non-hydrogen) atoms. The first-order valence-corrected chi connectivity index (χ1v) is 7.50. The lowest BCUT2D eigenvalue weighted by Crippen LogP contribution is -3.00. The number of hydrogen-bond donors (Lipinski definition) is 0. The van der Waals surface area contributed by atoms with Gasteiger partial charge in [0.1, 0.15) is 0 Å². The second-order valence-corrected chi connectivity index (χ2v) is 6.69. The van der Waals surface area contributed by atoms with Gasteiger partial charge in [0, 0.05) is 17.0 Å². The summed E-state index contributed by atoms with van der Waals surface area (Å²) < 4.78 is 2.24. The van der Waals surface area contributed by atoms with Crippen LogP contribution in [0.4, 0.5) is 0 Å². The van der Waals surface area contributed by atoms with Crippen LogP contribution in [0.25, 0.3) is 10.8 Å². The predicted molar refractivity (Wildman–Crippen MR) is 88.4 cm³/mol. The van der Waals surface area contributed by atoms with Crippen molar-refractivity contribution in [3.05, 3.63) is 78.1 Å². The molecule has 0 saturated heterocycles. The van der Waals surface area contributed by atoms with E-state index in [9.17, 15) is 0 Å². The molecule has 0 fully saturated rings. The van der Waals surface area contributed by atoms with Crippen LogP contribution in [0.1, 0.15) is 31.9 Å². The van der Waals surface area contributed by atoms with E-state index in [0.717, 1.165) is 6.54 Å². The van der Waals surface area contributed by atoms with Gasteiger partial charge in [-0.25, -0.2) is 4.57 Å². The Hall–Kier alpha value is -1.86. The summed E-state index contributed by atoms with van der Waals surface area (Å²) in [6.07, 6.45) is 4.37. The second kappa shape index (κ2) is 6.50. The van der Waals surface area contributed by atoms with Gasteiger partial charge in [0.2, 0.25) is 0 Å². The summed E-state index contributed by atoms with van der Waals surface area (Å²) in [6, 6.07) is 19.6. The van der Waals surface area contributed by atoms with Gasteiger partial charge in [0.15, 0.2) is 18.9 Å². The Balaban J connectivity index is 0.00000176. The summed E-state index contributed by atoms with van der Waals surface area (Å²) in [6.45, 7) is 7.66. The van der Waals surface area contributed by atoms with E-state index >= 15 is 0 Å². The maximum absolute atomic E-state index is 2.25. The van der Waals surface area contributed by atoms with Crippen molar-refractivity contribution in [3.63, 3.8) is 0 Å². The zero-order valence-electron chi connectivity index (χ0n) is 13.4. The minimum Gasteiger partial charge on any atom is -1.00 e. The van der Waals surface area contributed by atoms with Crippen molar-refractivity contribution in [3.8, 4) is 0 Å². The summed E-state index contributed by atoms with van der Waals surface area (Å²) in [5.41, 5.74) is 2.94. The fourth-order valence-electron chi connectivity index (χ4n) is 2.60. The Labute approximate surface area is 139 Å². The Morgan fingerprint density at radius 3 is 2.09 bits per heavy atom. The van der Waals surface area contributed by atoms with E-state index in [1.54, 1.807) is 0 Å². The van der Waals surface area contributed by atoms with Gasteiger partial charge in [0.25, 0.3) is 0 Å². The maximum Gasteiger partial charge on any atom is 0.176 e. The van der Waals surface area contributed by atoms with E-state index in [4.69, 9.17) is 0 Å². The van der Waals surface area contributed by atoms with Gasteiger partial charge in [-0.1, -0.05) is 63.2 Å². The number of benzene rings is 2. The zero-order chi connectivity index (χ0) is 14.9. The maximum atomic E-state index is 2.25. The predicted octanol–water partition coefficient (Wildman–Crippen LogP) is 1.48. The lowest BCUT2D eigenvalue weighted by molar-refractivity contribution is -0.687. The average molecular weight is 312 g/mol. The van der Waals surface area contributed by atoms with Crippen LogP contribution in [0, 0.1) is 0 Å². The normalized spacial score (nSPS) is 11.2. The molecule has 0 N–H and O–H groups in total. The molecule has 2 aromatic carbocycles. The van der Waals surface area contributed by atoms with E-state index in [0.29, 0.717) is 0 Å². The third kappa shape index (κ3) is 3.66. The summed E-state index contributed by atoms with van der Waals surface area (Å²) in [4.78, 5) is 0. The van der Waals surface area contributed by atoms with Gasteiger partial charge in [-0.3, -0.25) is 0 Å². The molecule has 3 rings (SSSR count). The smallest absolute Gasteiger partial charge is 0.176 e. The first-order chi connectivity index (χ1) is 10.0. The standard InChI is InChI=1S/C20H22N.ClH/c1-20(2,3)19-10-8-16(9-11-19)14-21-13-12-17-6-4-5-7-18(17)15-21;/h4-13,15H,14H2,1-3H3;1H/q+1;/p-1. The Morgan fingerprint density at radius 1 is 0.818 bits per heavy atom. The van der Waals surface area contributed by atoms with Crippen molar-refractivity contribution in [1.29, 1.82) is 0 Å². The molecular weight excluding hydrogens is 290 g/mol.